The Balaban J connectivity index is 1.50. The maximum Gasteiger partial charge on any atom is 0.255 e. The second-order valence-corrected chi connectivity index (χ2v) is 7.01. The van der Waals surface area contributed by atoms with E-state index in [-0.39, 0.29) is 23.3 Å². The van der Waals surface area contributed by atoms with E-state index in [9.17, 15) is 9.59 Å². The zero-order valence-corrected chi connectivity index (χ0v) is 14.3. The van der Waals surface area contributed by atoms with Gasteiger partial charge in [0.1, 0.15) is 0 Å². The van der Waals surface area contributed by atoms with Crippen molar-refractivity contribution in [3.8, 4) is 0 Å². The van der Waals surface area contributed by atoms with Gasteiger partial charge in [0.05, 0.1) is 0 Å². The summed E-state index contributed by atoms with van der Waals surface area (Å²) in [6, 6.07) is 15.3. The molecule has 1 saturated carbocycles. The van der Waals surface area contributed by atoms with Gasteiger partial charge in [-0.3, -0.25) is 9.59 Å². The number of pyridine rings is 1. The maximum atomic E-state index is 12.4. The normalized spacial score (nSPS) is 19.2. The van der Waals surface area contributed by atoms with Crippen molar-refractivity contribution < 1.29 is 4.79 Å². The number of nitrogens with one attached hydrogen (secondary N) is 2. The number of hydrogen-bond donors (Lipinski definition) is 2. The number of aromatic nitrogens is 1. The summed E-state index contributed by atoms with van der Waals surface area (Å²) in [5.74, 6) is 0.285. The molecule has 1 aliphatic carbocycles. The first-order valence-corrected chi connectivity index (χ1v) is 8.59. The Kier molecular flexibility index (Phi) is 3.73. The van der Waals surface area contributed by atoms with Gasteiger partial charge in [0.2, 0.25) is 5.91 Å². The summed E-state index contributed by atoms with van der Waals surface area (Å²) in [5, 5.41) is 4.37. The molecule has 0 saturated heterocycles. The summed E-state index contributed by atoms with van der Waals surface area (Å²) < 4.78 is 1.04. The van der Waals surface area contributed by atoms with Gasteiger partial charge in [0.15, 0.2) is 0 Å². The fraction of sp³-hybridized carbons (Fsp3) is 0.158. The fourth-order valence-corrected chi connectivity index (χ4v) is 3.32. The molecule has 1 aromatic heterocycles. The molecule has 5 heteroatoms. The highest BCUT2D eigenvalue weighted by molar-refractivity contribution is 9.10. The van der Waals surface area contributed by atoms with Crippen LogP contribution in [0.15, 0.2) is 64.0 Å². The highest BCUT2D eigenvalue weighted by Crippen LogP contribution is 2.48. The number of aromatic amines is 1. The largest absolute Gasteiger partial charge is 0.329 e. The van der Waals surface area contributed by atoms with Gasteiger partial charge in [0, 0.05) is 27.7 Å². The van der Waals surface area contributed by atoms with Crippen LogP contribution in [0.4, 0.5) is 5.69 Å². The van der Waals surface area contributed by atoms with Gasteiger partial charge in [-0.15, -0.1) is 0 Å². The van der Waals surface area contributed by atoms with Crippen molar-refractivity contribution in [3.05, 3.63) is 75.1 Å². The summed E-state index contributed by atoms with van der Waals surface area (Å²) >= 11 is 3.42. The lowest BCUT2D eigenvalue weighted by Gasteiger charge is -2.06. The summed E-state index contributed by atoms with van der Waals surface area (Å²) in [6.07, 6.45) is 2.48. The summed E-state index contributed by atoms with van der Waals surface area (Å²) in [4.78, 5) is 26.9. The second-order valence-electron chi connectivity index (χ2n) is 6.10. The van der Waals surface area contributed by atoms with Gasteiger partial charge in [0.25, 0.3) is 5.56 Å². The Morgan fingerprint density at radius 1 is 1.12 bits per heavy atom. The zero-order chi connectivity index (χ0) is 16.7. The molecule has 2 N–H and O–H groups in total. The Labute approximate surface area is 147 Å². The molecule has 0 aliphatic heterocycles. The minimum atomic E-state index is -0.150. The van der Waals surface area contributed by atoms with E-state index in [1.807, 2.05) is 30.3 Å². The molecule has 1 amide bonds. The van der Waals surface area contributed by atoms with Crippen molar-refractivity contribution in [2.75, 3.05) is 5.32 Å². The molecule has 1 aliphatic rings. The van der Waals surface area contributed by atoms with Crippen LogP contribution >= 0.6 is 15.9 Å². The number of amides is 1. The van der Waals surface area contributed by atoms with Gasteiger partial charge in [-0.05, 0) is 53.6 Å². The van der Waals surface area contributed by atoms with Crippen LogP contribution in [0.3, 0.4) is 0 Å². The molecule has 4 nitrogen and oxygen atoms in total. The smallest absolute Gasteiger partial charge is 0.255 e. The van der Waals surface area contributed by atoms with Crippen LogP contribution in [0.5, 0.6) is 0 Å². The summed E-state index contributed by atoms with van der Waals surface area (Å²) in [5.41, 5.74) is 1.70. The van der Waals surface area contributed by atoms with Crippen molar-refractivity contribution in [2.24, 2.45) is 5.92 Å². The first-order valence-electron chi connectivity index (χ1n) is 7.79. The molecular formula is C19H15BrN2O2. The molecule has 1 heterocycles. The number of carbonyl (C=O) groups is 1. The van der Waals surface area contributed by atoms with Crippen LogP contribution in [-0.4, -0.2) is 10.9 Å². The quantitative estimate of drug-likeness (QED) is 0.717. The van der Waals surface area contributed by atoms with E-state index in [1.165, 1.54) is 5.56 Å². The number of fused-ring (bicyclic) bond motifs is 1. The number of H-pyrrole nitrogens is 1. The lowest BCUT2D eigenvalue weighted by atomic mass is 10.1. The molecule has 4 rings (SSSR count). The van der Waals surface area contributed by atoms with E-state index in [0.717, 1.165) is 16.3 Å². The van der Waals surface area contributed by atoms with Crippen molar-refractivity contribution in [1.29, 1.82) is 0 Å². The van der Waals surface area contributed by atoms with Gasteiger partial charge < -0.3 is 10.3 Å². The lowest BCUT2D eigenvalue weighted by Crippen LogP contribution is -2.15. The maximum absolute atomic E-state index is 12.4. The van der Waals surface area contributed by atoms with E-state index in [2.05, 4.69) is 38.4 Å². The number of carbonyl (C=O) groups excluding carboxylic acids is 1. The van der Waals surface area contributed by atoms with Gasteiger partial charge >= 0.3 is 0 Å². The van der Waals surface area contributed by atoms with E-state index in [0.29, 0.717) is 11.1 Å². The molecule has 120 valence electrons. The Morgan fingerprint density at radius 2 is 1.92 bits per heavy atom. The van der Waals surface area contributed by atoms with E-state index in [4.69, 9.17) is 0 Å². The number of anilines is 1. The Morgan fingerprint density at radius 3 is 2.71 bits per heavy atom. The molecule has 0 unspecified atom stereocenters. The monoisotopic (exact) mass is 382 g/mol. The van der Waals surface area contributed by atoms with Gasteiger partial charge in [-0.25, -0.2) is 0 Å². The predicted octanol–water partition coefficient (Wildman–Crippen LogP) is 4.03. The van der Waals surface area contributed by atoms with E-state index < -0.39 is 0 Å². The first kappa shape index (κ1) is 15.1. The standard InChI is InChI=1S/C19H15BrN2O2/c20-13-4-1-11(2-5-13)15-10-17(15)19(24)22-14-6-3-12-7-8-21-18(23)16(12)9-14/h1-9,15,17H,10H2,(H,21,23)(H,22,24)/t15-,17+/m0/s1. The molecule has 24 heavy (non-hydrogen) atoms. The third kappa shape index (κ3) is 2.87. The average molecular weight is 383 g/mol. The van der Waals surface area contributed by atoms with Crippen molar-refractivity contribution in [3.63, 3.8) is 0 Å². The number of rotatable bonds is 3. The minimum absolute atomic E-state index is 0.00377. The van der Waals surface area contributed by atoms with Crippen LogP contribution in [0.25, 0.3) is 10.8 Å². The van der Waals surface area contributed by atoms with Crippen molar-refractivity contribution >= 4 is 38.3 Å². The summed E-state index contributed by atoms with van der Waals surface area (Å²) in [6.45, 7) is 0. The molecule has 0 spiro atoms. The highest BCUT2D eigenvalue weighted by atomic mass is 79.9. The van der Waals surface area contributed by atoms with E-state index >= 15 is 0 Å². The third-order valence-corrected chi connectivity index (χ3v) is 5.00. The molecule has 3 aromatic rings. The number of hydrogen-bond acceptors (Lipinski definition) is 2. The molecular weight excluding hydrogens is 368 g/mol. The van der Waals surface area contributed by atoms with Crippen molar-refractivity contribution in [1.82, 2.24) is 4.98 Å². The summed E-state index contributed by atoms with van der Waals surface area (Å²) in [7, 11) is 0. The molecule has 2 aromatic carbocycles. The SMILES string of the molecule is O=C(Nc1ccc2cc[nH]c(=O)c2c1)[C@@H]1C[C@H]1c1ccc(Br)cc1. The van der Waals surface area contributed by atoms with Gasteiger partial charge in [-0.2, -0.15) is 0 Å². The number of halogens is 1. The van der Waals surface area contributed by atoms with Crippen LogP contribution in [0.2, 0.25) is 0 Å². The van der Waals surface area contributed by atoms with Gasteiger partial charge in [-0.1, -0.05) is 34.1 Å². The Hall–Kier alpha value is -2.40. The molecule has 2 atom stereocenters. The lowest BCUT2D eigenvalue weighted by molar-refractivity contribution is -0.117. The molecule has 0 bridgehead atoms. The molecule has 1 fully saturated rings. The average Bonchev–Trinajstić information content (AvgIpc) is 3.37. The third-order valence-electron chi connectivity index (χ3n) is 4.47. The topological polar surface area (TPSA) is 62.0 Å². The predicted molar refractivity (Wildman–Crippen MR) is 98.2 cm³/mol. The zero-order valence-electron chi connectivity index (χ0n) is 12.8. The first-order chi connectivity index (χ1) is 11.6. The fourth-order valence-electron chi connectivity index (χ4n) is 3.06. The Bertz CT molecular complexity index is 979. The van der Waals surface area contributed by atoms with E-state index in [1.54, 1.807) is 12.3 Å². The van der Waals surface area contributed by atoms with Crippen LogP contribution in [-0.2, 0) is 4.79 Å². The van der Waals surface area contributed by atoms with Crippen LogP contribution < -0.4 is 10.9 Å². The van der Waals surface area contributed by atoms with Crippen molar-refractivity contribution in [2.45, 2.75) is 12.3 Å². The minimum Gasteiger partial charge on any atom is -0.329 e. The highest BCUT2D eigenvalue weighted by Gasteiger charge is 2.43. The van der Waals surface area contributed by atoms with Crippen LogP contribution in [0, 0.1) is 5.92 Å². The second kappa shape index (κ2) is 5.91. The number of benzene rings is 2. The molecule has 0 radical (unpaired) electrons. The van der Waals surface area contributed by atoms with Crippen LogP contribution in [0.1, 0.15) is 17.9 Å².